The van der Waals surface area contributed by atoms with E-state index in [0.29, 0.717) is 4.47 Å². The van der Waals surface area contributed by atoms with E-state index in [0.717, 1.165) is 4.88 Å². The second-order valence-electron chi connectivity index (χ2n) is 4.43. The lowest BCUT2D eigenvalue weighted by Gasteiger charge is -2.16. The first kappa shape index (κ1) is 15.1. The lowest BCUT2D eigenvalue weighted by Crippen LogP contribution is -2.34. The van der Waals surface area contributed by atoms with E-state index in [1.807, 2.05) is 4.72 Å². The summed E-state index contributed by atoms with van der Waals surface area (Å²) in [6, 6.07) is 0. The summed E-state index contributed by atoms with van der Waals surface area (Å²) in [7, 11) is -4.27. The van der Waals surface area contributed by atoms with Gasteiger partial charge in [-0.1, -0.05) is 11.6 Å². The maximum atomic E-state index is 10.7. The van der Waals surface area contributed by atoms with Gasteiger partial charge in [0, 0.05) is 12.7 Å². The van der Waals surface area contributed by atoms with E-state index < -0.39 is 28.3 Å². The first-order valence-electron chi connectivity index (χ1n) is 5.35. The van der Waals surface area contributed by atoms with E-state index in [1.165, 1.54) is 11.3 Å². The second-order valence-corrected chi connectivity index (χ2v) is 7.32. The third kappa shape index (κ3) is 4.09. The van der Waals surface area contributed by atoms with Crippen molar-refractivity contribution in [2.75, 3.05) is 6.54 Å². The van der Waals surface area contributed by atoms with Crippen LogP contribution in [0.1, 0.15) is 24.8 Å². The van der Waals surface area contributed by atoms with Crippen LogP contribution in [0.5, 0.6) is 0 Å². The number of halogens is 1. The number of hydrogen-bond acceptors (Lipinski definition) is 6. The van der Waals surface area contributed by atoms with Crippen molar-refractivity contribution in [1.29, 1.82) is 0 Å². The normalized spacial score (nSPS) is 26.7. The van der Waals surface area contributed by atoms with E-state index in [4.69, 9.17) is 25.6 Å². The SMILES string of the molecule is CC1(C)O[C@H](c2cnc(Cl)s2)[C@@H](CNS(=O)(=O)O)O1. The van der Waals surface area contributed by atoms with Crippen molar-refractivity contribution in [2.45, 2.75) is 31.8 Å². The first-order chi connectivity index (χ1) is 8.66. The van der Waals surface area contributed by atoms with Gasteiger partial charge in [-0.2, -0.15) is 13.1 Å². The van der Waals surface area contributed by atoms with Gasteiger partial charge in [-0.15, -0.1) is 11.3 Å². The molecule has 0 aliphatic carbocycles. The lowest BCUT2D eigenvalue weighted by atomic mass is 10.2. The average Bonchev–Trinajstić information content (AvgIpc) is 2.78. The fraction of sp³-hybridized carbons (Fsp3) is 0.667. The summed E-state index contributed by atoms with van der Waals surface area (Å²) in [4.78, 5) is 4.65. The molecule has 1 saturated heterocycles. The summed E-state index contributed by atoms with van der Waals surface area (Å²) in [5.41, 5.74) is 0. The predicted molar refractivity (Wildman–Crippen MR) is 69.5 cm³/mol. The Morgan fingerprint density at radius 3 is 2.79 bits per heavy atom. The van der Waals surface area contributed by atoms with Crippen LogP contribution in [-0.2, 0) is 19.8 Å². The van der Waals surface area contributed by atoms with Crippen LogP contribution < -0.4 is 4.72 Å². The lowest BCUT2D eigenvalue weighted by molar-refractivity contribution is -0.146. The Labute approximate surface area is 119 Å². The molecule has 7 nitrogen and oxygen atoms in total. The van der Waals surface area contributed by atoms with E-state index in [1.54, 1.807) is 20.0 Å². The summed E-state index contributed by atoms with van der Waals surface area (Å²) in [6.45, 7) is 3.33. The van der Waals surface area contributed by atoms with Gasteiger partial charge in [0.25, 0.3) is 0 Å². The molecule has 2 atom stereocenters. The van der Waals surface area contributed by atoms with Gasteiger partial charge in [0.1, 0.15) is 12.2 Å². The maximum Gasteiger partial charge on any atom is 0.333 e. The van der Waals surface area contributed by atoms with E-state index in [2.05, 4.69) is 4.98 Å². The predicted octanol–water partition coefficient (Wildman–Crippen LogP) is 1.38. The Bertz CT molecular complexity index is 559. The molecule has 2 rings (SSSR count). The van der Waals surface area contributed by atoms with Gasteiger partial charge in [-0.3, -0.25) is 4.55 Å². The highest BCUT2D eigenvalue weighted by Crippen LogP contribution is 2.40. The molecular weight excluding hydrogens is 316 g/mol. The first-order valence-corrected chi connectivity index (χ1v) is 7.99. The van der Waals surface area contributed by atoms with Gasteiger partial charge in [0.05, 0.1) is 4.88 Å². The van der Waals surface area contributed by atoms with E-state index in [9.17, 15) is 8.42 Å². The number of ether oxygens (including phenoxy) is 2. The molecule has 2 heterocycles. The molecule has 0 unspecified atom stereocenters. The minimum atomic E-state index is -4.27. The Hall–Kier alpha value is -0.290. The Balaban J connectivity index is 2.15. The average molecular weight is 329 g/mol. The van der Waals surface area contributed by atoms with Crippen molar-refractivity contribution in [3.05, 3.63) is 15.5 Å². The number of thiazole rings is 1. The number of nitrogens with zero attached hydrogens (tertiary/aromatic N) is 1. The number of nitrogens with one attached hydrogen (secondary N) is 1. The van der Waals surface area contributed by atoms with Crippen LogP contribution in [0.4, 0.5) is 0 Å². The number of rotatable bonds is 4. The molecule has 1 aromatic rings. The Morgan fingerprint density at radius 1 is 1.58 bits per heavy atom. The van der Waals surface area contributed by atoms with Crippen molar-refractivity contribution >= 4 is 33.2 Å². The topological polar surface area (TPSA) is 97.8 Å². The van der Waals surface area contributed by atoms with Gasteiger partial charge >= 0.3 is 10.3 Å². The van der Waals surface area contributed by atoms with Crippen LogP contribution in [0.2, 0.25) is 4.47 Å². The molecule has 1 fully saturated rings. The molecule has 1 aromatic heterocycles. The zero-order chi connectivity index (χ0) is 14.3. The zero-order valence-electron chi connectivity index (χ0n) is 10.2. The highest BCUT2D eigenvalue weighted by molar-refractivity contribution is 7.83. The van der Waals surface area contributed by atoms with Crippen molar-refractivity contribution in [1.82, 2.24) is 9.71 Å². The molecule has 2 N–H and O–H groups in total. The zero-order valence-corrected chi connectivity index (χ0v) is 12.5. The van der Waals surface area contributed by atoms with Gasteiger partial charge in [-0.25, -0.2) is 4.98 Å². The van der Waals surface area contributed by atoms with Crippen LogP contribution in [0, 0.1) is 0 Å². The van der Waals surface area contributed by atoms with Gasteiger partial charge in [-0.05, 0) is 13.8 Å². The van der Waals surface area contributed by atoms with Crippen molar-refractivity contribution in [2.24, 2.45) is 0 Å². The van der Waals surface area contributed by atoms with Gasteiger partial charge in [0.15, 0.2) is 10.3 Å². The molecule has 0 amide bonds. The van der Waals surface area contributed by atoms with Crippen molar-refractivity contribution in [3.8, 4) is 0 Å². The highest BCUT2D eigenvalue weighted by atomic mass is 35.5. The molecule has 1 aliphatic rings. The molecule has 108 valence electrons. The van der Waals surface area contributed by atoms with Crippen LogP contribution in [0.15, 0.2) is 6.20 Å². The number of hydrogen-bond donors (Lipinski definition) is 2. The molecular formula is C9H13ClN2O5S2. The molecule has 0 radical (unpaired) electrons. The fourth-order valence-electron chi connectivity index (χ4n) is 1.81. The smallest absolute Gasteiger partial charge is 0.333 e. The largest absolute Gasteiger partial charge is 0.343 e. The van der Waals surface area contributed by atoms with Gasteiger partial charge in [0.2, 0.25) is 0 Å². The quantitative estimate of drug-likeness (QED) is 0.810. The fourth-order valence-corrected chi connectivity index (χ4v) is 3.22. The minimum Gasteiger partial charge on any atom is -0.343 e. The van der Waals surface area contributed by atoms with E-state index >= 15 is 0 Å². The van der Waals surface area contributed by atoms with Crippen LogP contribution in [0.3, 0.4) is 0 Å². The minimum absolute atomic E-state index is 0.109. The van der Waals surface area contributed by atoms with Crippen molar-refractivity contribution in [3.63, 3.8) is 0 Å². The third-order valence-corrected chi connectivity index (χ3v) is 4.13. The monoisotopic (exact) mass is 328 g/mol. The number of aromatic nitrogens is 1. The third-order valence-electron chi connectivity index (χ3n) is 2.43. The molecule has 0 aromatic carbocycles. The Kier molecular flexibility index (Phi) is 4.17. The van der Waals surface area contributed by atoms with Crippen LogP contribution in [0.25, 0.3) is 0 Å². The maximum absolute atomic E-state index is 10.7. The highest BCUT2D eigenvalue weighted by Gasteiger charge is 2.43. The molecule has 1 aliphatic heterocycles. The standard InChI is InChI=1S/C9H13ClN2O5S2/c1-9(2)16-5(3-12-19(13,14)15)7(17-9)6-4-11-8(10)18-6/h4-5,7,12H,3H2,1-2H3,(H,13,14,15)/t5-,7+/m1/s1. The summed E-state index contributed by atoms with van der Waals surface area (Å²) < 4.78 is 43.8. The van der Waals surface area contributed by atoms with Crippen molar-refractivity contribution < 1.29 is 22.4 Å². The molecule has 10 heteroatoms. The van der Waals surface area contributed by atoms with E-state index in [-0.39, 0.29) is 6.54 Å². The molecule has 0 saturated carbocycles. The second kappa shape index (κ2) is 5.24. The van der Waals surface area contributed by atoms with Gasteiger partial charge < -0.3 is 9.47 Å². The van der Waals surface area contributed by atoms with Crippen LogP contribution in [-0.4, -0.2) is 36.4 Å². The molecule has 0 bridgehead atoms. The summed E-state index contributed by atoms with van der Waals surface area (Å²) in [5, 5.41) is 0. The Morgan fingerprint density at radius 2 is 2.26 bits per heavy atom. The summed E-state index contributed by atoms with van der Waals surface area (Å²) in [5.74, 6) is -0.854. The molecule has 19 heavy (non-hydrogen) atoms. The molecule has 0 spiro atoms. The summed E-state index contributed by atoms with van der Waals surface area (Å²) in [6.07, 6.45) is 0.491. The summed E-state index contributed by atoms with van der Waals surface area (Å²) >= 11 is 7.00. The van der Waals surface area contributed by atoms with Crippen LogP contribution >= 0.6 is 22.9 Å².